The molecule has 6 rings (SSSR count). The number of rotatable bonds is 4. The van der Waals surface area contributed by atoms with Gasteiger partial charge in [0.15, 0.2) is 0 Å². The van der Waals surface area contributed by atoms with Crippen LogP contribution in [0.2, 0.25) is 0 Å². The highest BCUT2D eigenvalue weighted by Crippen LogP contribution is 2.59. The second-order valence-electron chi connectivity index (χ2n) is 8.73. The molecule has 2 fully saturated rings. The number of anilines is 1. The first kappa shape index (κ1) is 19.7. The van der Waals surface area contributed by atoms with Crippen molar-refractivity contribution in [1.82, 2.24) is 0 Å². The number of benzene rings is 3. The van der Waals surface area contributed by atoms with E-state index in [2.05, 4.69) is 36.4 Å². The predicted molar refractivity (Wildman–Crippen MR) is 127 cm³/mol. The van der Waals surface area contributed by atoms with Gasteiger partial charge >= 0.3 is 0 Å². The Bertz CT molecular complexity index is 1230. The average Bonchev–Trinajstić information content (AvgIpc) is 3.50. The molecule has 162 valence electrons. The lowest BCUT2D eigenvalue weighted by atomic mass is 9.85. The van der Waals surface area contributed by atoms with Gasteiger partial charge in [0.2, 0.25) is 11.8 Å². The molecule has 2 amide bonds. The van der Waals surface area contributed by atoms with Gasteiger partial charge in [-0.1, -0.05) is 84.9 Å². The number of hydrogen-bond donors (Lipinski definition) is 0. The van der Waals surface area contributed by atoms with E-state index in [1.165, 1.54) is 10.5 Å². The van der Waals surface area contributed by atoms with Crippen LogP contribution in [0.15, 0.2) is 103 Å². The summed E-state index contributed by atoms with van der Waals surface area (Å²) in [6, 6.07) is 27.8. The van der Waals surface area contributed by atoms with Crippen molar-refractivity contribution in [3.63, 3.8) is 0 Å². The molecular formula is C29H23NO3. The molecule has 1 aliphatic heterocycles. The van der Waals surface area contributed by atoms with Crippen LogP contribution >= 0.6 is 0 Å². The molecule has 0 aromatic heterocycles. The van der Waals surface area contributed by atoms with Crippen molar-refractivity contribution in [3.8, 4) is 5.75 Å². The summed E-state index contributed by atoms with van der Waals surface area (Å²) in [6.07, 6.45) is 4.26. The van der Waals surface area contributed by atoms with E-state index < -0.39 is 0 Å². The molecule has 3 aliphatic rings. The minimum Gasteiger partial charge on any atom is -0.495 e. The number of methoxy groups -OCH3 is 1. The van der Waals surface area contributed by atoms with Gasteiger partial charge in [-0.15, -0.1) is 0 Å². The van der Waals surface area contributed by atoms with Crippen molar-refractivity contribution < 1.29 is 14.3 Å². The highest BCUT2D eigenvalue weighted by molar-refractivity contribution is 6.24. The van der Waals surface area contributed by atoms with Crippen LogP contribution in [0.25, 0.3) is 5.57 Å². The number of fused-ring (bicyclic) bond motifs is 5. The zero-order chi connectivity index (χ0) is 22.5. The third-order valence-corrected chi connectivity index (χ3v) is 7.16. The summed E-state index contributed by atoms with van der Waals surface area (Å²) in [4.78, 5) is 28.7. The second-order valence-corrected chi connectivity index (χ2v) is 8.73. The normalized spacial score (nSPS) is 25.0. The first-order valence-corrected chi connectivity index (χ1v) is 11.2. The maximum absolute atomic E-state index is 13.7. The largest absolute Gasteiger partial charge is 0.495 e. The Labute approximate surface area is 192 Å². The lowest BCUT2D eigenvalue weighted by Gasteiger charge is -2.22. The lowest BCUT2D eigenvalue weighted by Crippen LogP contribution is -2.33. The molecule has 0 unspecified atom stereocenters. The van der Waals surface area contributed by atoms with Crippen LogP contribution in [0.5, 0.6) is 5.75 Å². The van der Waals surface area contributed by atoms with Crippen LogP contribution in [-0.2, 0) is 9.59 Å². The van der Waals surface area contributed by atoms with Crippen LogP contribution in [0.4, 0.5) is 5.69 Å². The summed E-state index contributed by atoms with van der Waals surface area (Å²) in [7, 11) is 1.56. The van der Waals surface area contributed by atoms with Gasteiger partial charge in [-0.2, -0.15) is 0 Å². The fraction of sp³-hybridized carbons (Fsp3) is 0.172. The predicted octanol–water partition coefficient (Wildman–Crippen LogP) is 5.12. The highest BCUT2D eigenvalue weighted by Gasteiger charge is 2.62. The van der Waals surface area contributed by atoms with Crippen LogP contribution in [0, 0.1) is 23.7 Å². The first-order chi connectivity index (χ1) is 16.2. The summed E-state index contributed by atoms with van der Waals surface area (Å²) >= 11 is 0. The van der Waals surface area contributed by atoms with E-state index >= 15 is 0 Å². The summed E-state index contributed by atoms with van der Waals surface area (Å²) < 4.78 is 5.45. The van der Waals surface area contributed by atoms with Gasteiger partial charge in [-0.3, -0.25) is 9.59 Å². The van der Waals surface area contributed by atoms with Crippen molar-refractivity contribution >= 4 is 23.1 Å². The number of nitrogens with zero attached hydrogens (tertiary/aromatic N) is 1. The molecule has 4 heteroatoms. The first-order valence-electron chi connectivity index (χ1n) is 11.2. The fourth-order valence-corrected chi connectivity index (χ4v) is 5.86. The van der Waals surface area contributed by atoms with Gasteiger partial charge in [0.25, 0.3) is 0 Å². The molecule has 2 bridgehead atoms. The van der Waals surface area contributed by atoms with E-state index in [1.54, 1.807) is 19.2 Å². The zero-order valence-corrected chi connectivity index (χ0v) is 18.2. The van der Waals surface area contributed by atoms with E-state index in [1.807, 2.05) is 48.5 Å². The lowest BCUT2D eigenvalue weighted by molar-refractivity contribution is -0.123. The molecular weight excluding hydrogens is 410 g/mol. The topological polar surface area (TPSA) is 46.6 Å². The van der Waals surface area contributed by atoms with E-state index in [4.69, 9.17) is 4.74 Å². The summed E-state index contributed by atoms with van der Waals surface area (Å²) in [6.45, 7) is 0. The van der Waals surface area contributed by atoms with Gasteiger partial charge in [0.1, 0.15) is 5.75 Å². The number of imide groups is 1. The molecule has 1 heterocycles. The van der Waals surface area contributed by atoms with E-state index in [0.29, 0.717) is 11.4 Å². The number of carbonyl (C=O) groups is 2. The molecule has 1 saturated heterocycles. The van der Waals surface area contributed by atoms with Crippen LogP contribution < -0.4 is 9.64 Å². The molecule has 3 aromatic rings. The third-order valence-electron chi connectivity index (χ3n) is 7.16. The average molecular weight is 434 g/mol. The Morgan fingerprint density at radius 1 is 0.697 bits per heavy atom. The molecule has 0 radical (unpaired) electrons. The minimum atomic E-state index is -0.380. The van der Waals surface area contributed by atoms with Gasteiger partial charge < -0.3 is 4.74 Å². The fourth-order valence-electron chi connectivity index (χ4n) is 5.86. The van der Waals surface area contributed by atoms with Crippen molar-refractivity contribution in [2.24, 2.45) is 23.7 Å². The summed E-state index contributed by atoms with van der Waals surface area (Å²) in [5.41, 5.74) is 5.07. The SMILES string of the molecule is COc1ccccc1N1C(=O)[C@@H]2[C@@H](C1=O)[C@@H]1C=C[C@@H]2C1=C(c1ccccc1)c1ccccc1. The van der Waals surface area contributed by atoms with E-state index in [9.17, 15) is 9.59 Å². The van der Waals surface area contributed by atoms with Gasteiger partial charge in [0.05, 0.1) is 24.6 Å². The van der Waals surface area contributed by atoms with Crippen molar-refractivity contribution in [1.29, 1.82) is 0 Å². The maximum Gasteiger partial charge on any atom is 0.238 e. The molecule has 0 spiro atoms. The van der Waals surface area contributed by atoms with Gasteiger partial charge in [-0.05, 0) is 34.4 Å². The quantitative estimate of drug-likeness (QED) is 0.424. The minimum absolute atomic E-state index is 0.0911. The summed E-state index contributed by atoms with van der Waals surface area (Å²) in [5.74, 6) is -0.680. The number of ether oxygens (including phenoxy) is 1. The Morgan fingerprint density at radius 3 is 1.70 bits per heavy atom. The van der Waals surface area contributed by atoms with Gasteiger partial charge in [0, 0.05) is 11.8 Å². The number of hydrogen-bond acceptors (Lipinski definition) is 3. The smallest absolute Gasteiger partial charge is 0.238 e. The monoisotopic (exact) mass is 433 g/mol. The zero-order valence-electron chi connectivity index (χ0n) is 18.2. The molecule has 4 atom stereocenters. The van der Waals surface area contributed by atoms with Crippen LogP contribution in [0.3, 0.4) is 0 Å². The summed E-state index contributed by atoms with van der Waals surface area (Å²) in [5, 5.41) is 0. The third kappa shape index (κ3) is 2.83. The molecule has 2 aliphatic carbocycles. The van der Waals surface area contributed by atoms with E-state index in [-0.39, 0.29) is 35.5 Å². The highest BCUT2D eigenvalue weighted by atomic mass is 16.5. The van der Waals surface area contributed by atoms with Crippen LogP contribution in [0.1, 0.15) is 11.1 Å². The van der Waals surface area contributed by atoms with E-state index in [0.717, 1.165) is 16.7 Å². The molecule has 4 nitrogen and oxygen atoms in total. The van der Waals surface area contributed by atoms with Crippen LogP contribution in [-0.4, -0.2) is 18.9 Å². The Balaban J connectivity index is 1.49. The Hall–Kier alpha value is -3.92. The number of carbonyl (C=O) groups excluding carboxylic acids is 2. The second kappa shape index (κ2) is 7.59. The number of amides is 2. The van der Waals surface area contributed by atoms with Crippen molar-refractivity contribution in [3.05, 3.63) is 114 Å². The molecule has 1 saturated carbocycles. The molecule has 0 N–H and O–H groups in total. The Kier molecular flexibility index (Phi) is 4.54. The molecule has 3 aromatic carbocycles. The number of allylic oxidation sites excluding steroid dienone is 3. The van der Waals surface area contributed by atoms with Crippen molar-refractivity contribution in [2.45, 2.75) is 0 Å². The standard InChI is InChI=1S/C29H23NO3/c1-33-23-15-9-8-14-22(23)30-28(31)26-20-16-17-21(27(26)29(30)32)25(20)24(18-10-4-2-5-11-18)19-12-6-3-7-13-19/h2-17,20-21,26-27H,1H3/t20-,21-,26+,27+/m1/s1. The molecule has 33 heavy (non-hydrogen) atoms. The Morgan fingerprint density at radius 2 is 1.18 bits per heavy atom. The van der Waals surface area contributed by atoms with Crippen molar-refractivity contribution in [2.75, 3.05) is 12.0 Å². The number of para-hydroxylation sites is 2. The maximum atomic E-state index is 13.7. The van der Waals surface area contributed by atoms with Gasteiger partial charge in [-0.25, -0.2) is 4.90 Å².